The van der Waals surface area contributed by atoms with Crippen LogP contribution >= 0.6 is 11.8 Å². The molecule has 3 aromatic rings. The molecule has 0 saturated carbocycles. The summed E-state index contributed by atoms with van der Waals surface area (Å²) in [5.74, 6) is 2.11. The van der Waals surface area contributed by atoms with Gasteiger partial charge in [0.25, 0.3) is 5.91 Å². The Labute approximate surface area is 161 Å². The van der Waals surface area contributed by atoms with Crippen LogP contribution < -0.4 is 14.8 Å². The summed E-state index contributed by atoms with van der Waals surface area (Å²) in [6, 6.07) is 15.5. The molecule has 0 atom stereocenters. The van der Waals surface area contributed by atoms with Crippen LogP contribution in [-0.2, 0) is 17.1 Å². The van der Waals surface area contributed by atoms with E-state index >= 15 is 0 Å². The third-order valence-corrected chi connectivity index (χ3v) is 4.68. The van der Waals surface area contributed by atoms with Crippen molar-refractivity contribution in [3.8, 4) is 11.5 Å². The van der Waals surface area contributed by atoms with Crippen molar-refractivity contribution in [3.63, 3.8) is 0 Å². The number of ether oxygens (including phenoxy) is 2. The number of carbonyl (C=O) groups is 1. The van der Waals surface area contributed by atoms with E-state index < -0.39 is 0 Å². The molecular weight excluding hydrogens is 364 g/mol. The summed E-state index contributed by atoms with van der Waals surface area (Å²) in [5.41, 5.74) is 0.843. The number of pyridine rings is 1. The van der Waals surface area contributed by atoms with Gasteiger partial charge in [-0.2, -0.15) is 0 Å². The molecule has 0 aliphatic carbocycles. The summed E-state index contributed by atoms with van der Waals surface area (Å²) in [7, 11) is 1.54. The fourth-order valence-corrected chi connectivity index (χ4v) is 3.10. The number of amides is 1. The van der Waals surface area contributed by atoms with Gasteiger partial charge in [-0.25, -0.2) is 0 Å². The molecule has 2 aromatic heterocycles. The first kappa shape index (κ1) is 18.8. The molecule has 2 heterocycles. The predicted octanol–water partition coefficient (Wildman–Crippen LogP) is 3.67. The van der Waals surface area contributed by atoms with Gasteiger partial charge in [-0.1, -0.05) is 18.2 Å². The van der Waals surface area contributed by atoms with E-state index in [0.717, 1.165) is 10.6 Å². The van der Waals surface area contributed by atoms with Crippen LogP contribution in [0.1, 0.15) is 11.5 Å². The zero-order valence-electron chi connectivity index (χ0n) is 14.9. The quantitative estimate of drug-likeness (QED) is 0.568. The average Bonchev–Trinajstić information content (AvgIpc) is 3.23. The highest BCUT2D eigenvalue weighted by atomic mass is 32.2. The van der Waals surface area contributed by atoms with E-state index in [4.69, 9.17) is 13.9 Å². The van der Waals surface area contributed by atoms with Gasteiger partial charge in [0, 0.05) is 16.7 Å². The number of hydrogen-bond acceptors (Lipinski definition) is 6. The van der Waals surface area contributed by atoms with Gasteiger partial charge in [0.2, 0.25) is 0 Å². The molecule has 0 bridgehead atoms. The van der Waals surface area contributed by atoms with Crippen molar-refractivity contribution in [3.05, 3.63) is 72.4 Å². The summed E-state index contributed by atoms with van der Waals surface area (Å²) in [6.45, 7) is 0.202. The molecule has 1 N–H and O–H groups in total. The van der Waals surface area contributed by atoms with Gasteiger partial charge < -0.3 is 19.2 Å². The van der Waals surface area contributed by atoms with Crippen molar-refractivity contribution in [1.82, 2.24) is 10.3 Å². The van der Waals surface area contributed by atoms with Crippen LogP contribution in [0.15, 0.2) is 70.3 Å². The number of thioether (sulfide) groups is 1. The lowest BCUT2D eigenvalue weighted by Gasteiger charge is -2.12. The monoisotopic (exact) mass is 384 g/mol. The second kappa shape index (κ2) is 9.68. The SMILES string of the molecule is COc1cnc(CSc2ccccc2)cc1OCC(=O)NCc1ccco1. The molecule has 6 nitrogen and oxygen atoms in total. The maximum absolute atomic E-state index is 12.0. The van der Waals surface area contributed by atoms with Crippen molar-refractivity contribution in [2.24, 2.45) is 0 Å². The molecule has 0 spiro atoms. The summed E-state index contributed by atoms with van der Waals surface area (Å²) < 4.78 is 16.1. The largest absolute Gasteiger partial charge is 0.491 e. The van der Waals surface area contributed by atoms with E-state index in [1.807, 2.05) is 18.2 Å². The average molecular weight is 384 g/mol. The van der Waals surface area contributed by atoms with E-state index in [0.29, 0.717) is 29.6 Å². The minimum Gasteiger partial charge on any atom is -0.491 e. The summed E-state index contributed by atoms with van der Waals surface area (Å²) in [6.07, 6.45) is 3.17. The molecule has 7 heteroatoms. The molecule has 0 aliphatic rings. The summed E-state index contributed by atoms with van der Waals surface area (Å²) in [4.78, 5) is 17.5. The number of furan rings is 1. The lowest BCUT2D eigenvalue weighted by molar-refractivity contribution is -0.123. The number of nitrogens with one attached hydrogen (secondary N) is 1. The van der Waals surface area contributed by atoms with Crippen LogP contribution in [0.2, 0.25) is 0 Å². The second-order valence-electron chi connectivity index (χ2n) is 5.57. The van der Waals surface area contributed by atoms with Gasteiger partial charge in [0.15, 0.2) is 18.1 Å². The number of methoxy groups -OCH3 is 1. The van der Waals surface area contributed by atoms with Crippen LogP contribution in [0, 0.1) is 0 Å². The van der Waals surface area contributed by atoms with Crippen LogP contribution in [-0.4, -0.2) is 24.6 Å². The number of nitrogens with zero attached hydrogens (tertiary/aromatic N) is 1. The first-order valence-electron chi connectivity index (χ1n) is 8.37. The van der Waals surface area contributed by atoms with Gasteiger partial charge in [0.05, 0.1) is 31.8 Å². The molecule has 1 aromatic carbocycles. The van der Waals surface area contributed by atoms with Gasteiger partial charge >= 0.3 is 0 Å². The minimum atomic E-state index is -0.245. The predicted molar refractivity (Wildman–Crippen MR) is 103 cm³/mol. The molecule has 140 valence electrons. The highest BCUT2D eigenvalue weighted by Crippen LogP contribution is 2.29. The highest BCUT2D eigenvalue weighted by Gasteiger charge is 2.10. The van der Waals surface area contributed by atoms with Crippen molar-refractivity contribution in [2.75, 3.05) is 13.7 Å². The van der Waals surface area contributed by atoms with E-state index in [1.165, 1.54) is 0 Å². The standard InChI is InChI=1S/C20H20N2O4S/c1-24-19-12-21-15(14-27-17-7-3-2-4-8-17)10-18(19)26-13-20(23)22-11-16-6-5-9-25-16/h2-10,12H,11,13-14H2,1H3,(H,22,23). The normalized spacial score (nSPS) is 10.4. The maximum Gasteiger partial charge on any atom is 0.258 e. The number of carbonyl (C=O) groups excluding carboxylic acids is 1. The van der Waals surface area contributed by atoms with Gasteiger partial charge in [0.1, 0.15) is 5.76 Å². The first-order valence-corrected chi connectivity index (χ1v) is 9.36. The Kier molecular flexibility index (Phi) is 6.76. The number of hydrogen-bond donors (Lipinski definition) is 1. The third-order valence-electron chi connectivity index (χ3n) is 3.64. The number of aromatic nitrogens is 1. The number of rotatable bonds is 9. The fourth-order valence-electron chi connectivity index (χ4n) is 2.28. The molecule has 0 unspecified atom stereocenters. The fraction of sp³-hybridized carbons (Fsp3) is 0.200. The lowest BCUT2D eigenvalue weighted by Crippen LogP contribution is -2.28. The number of benzene rings is 1. The minimum absolute atomic E-state index is 0.119. The first-order chi connectivity index (χ1) is 13.2. The van der Waals surface area contributed by atoms with Gasteiger partial charge in [-0.15, -0.1) is 11.8 Å². The highest BCUT2D eigenvalue weighted by molar-refractivity contribution is 7.98. The molecule has 0 radical (unpaired) electrons. The van der Waals surface area contributed by atoms with Gasteiger partial charge in [-0.05, 0) is 24.3 Å². The topological polar surface area (TPSA) is 73.6 Å². The van der Waals surface area contributed by atoms with Crippen LogP contribution in [0.4, 0.5) is 0 Å². The van der Waals surface area contributed by atoms with Crippen molar-refractivity contribution in [2.45, 2.75) is 17.2 Å². The second-order valence-corrected chi connectivity index (χ2v) is 6.62. The molecular formula is C20H20N2O4S. The maximum atomic E-state index is 12.0. The Hall–Kier alpha value is -2.93. The van der Waals surface area contributed by atoms with Crippen molar-refractivity contribution < 1.29 is 18.7 Å². The molecule has 27 heavy (non-hydrogen) atoms. The summed E-state index contributed by atoms with van der Waals surface area (Å²) in [5, 5.41) is 2.74. The molecule has 0 saturated heterocycles. The molecule has 0 fully saturated rings. The smallest absolute Gasteiger partial charge is 0.258 e. The third kappa shape index (κ3) is 5.79. The molecule has 1 amide bonds. The van der Waals surface area contributed by atoms with Crippen molar-refractivity contribution in [1.29, 1.82) is 0 Å². The van der Waals surface area contributed by atoms with E-state index in [2.05, 4.69) is 22.4 Å². The van der Waals surface area contributed by atoms with Crippen LogP contribution in [0.5, 0.6) is 11.5 Å². The van der Waals surface area contributed by atoms with E-state index in [-0.39, 0.29) is 12.5 Å². The Bertz CT molecular complexity index is 854. The zero-order chi connectivity index (χ0) is 18.9. The lowest BCUT2D eigenvalue weighted by atomic mass is 10.3. The Balaban J connectivity index is 1.55. The van der Waals surface area contributed by atoms with Crippen molar-refractivity contribution >= 4 is 17.7 Å². The van der Waals surface area contributed by atoms with Gasteiger partial charge in [-0.3, -0.25) is 9.78 Å². The zero-order valence-corrected chi connectivity index (χ0v) is 15.7. The van der Waals surface area contributed by atoms with E-state index in [1.54, 1.807) is 49.5 Å². The Morgan fingerprint density at radius 3 is 2.78 bits per heavy atom. The van der Waals surface area contributed by atoms with E-state index in [9.17, 15) is 4.79 Å². The molecule has 0 aliphatic heterocycles. The van der Waals surface area contributed by atoms with Crippen LogP contribution in [0.25, 0.3) is 0 Å². The molecule has 3 rings (SSSR count). The Morgan fingerprint density at radius 2 is 2.04 bits per heavy atom. The Morgan fingerprint density at radius 1 is 1.19 bits per heavy atom. The van der Waals surface area contributed by atoms with Crippen LogP contribution in [0.3, 0.4) is 0 Å². The summed E-state index contributed by atoms with van der Waals surface area (Å²) >= 11 is 1.68.